The van der Waals surface area contributed by atoms with Crippen molar-refractivity contribution in [2.45, 2.75) is 34.1 Å². The van der Waals surface area contributed by atoms with Gasteiger partial charge in [0.25, 0.3) is 0 Å². The van der Waals surface area contributed by atoms with E-state index >= 15 is 0 Å². The Morgan fingerprint density at radius 3 is 1.36 bits per heavy atom. The Hall–Kier alpha value is -3.43. The Morgan fingerprint density at radius 2 is 0.972 bits per heavy atom. The number of rotatable bonds is 2. The second kappa shape index (κ2) is 13.0. The third kappa shape index (κ3) is 7.29. The van der Waals surface area contributed by atoms with Crippen molar-refractivity contribution in [2.75, 3.05) is 13.1 Å². The van der Waals surface area contributed by atoms with E-state index in [1.54, 1.807) is 0 Å². The van der Waals surface area contributed by atoms with E-state index in [4.69, 9.17) is 20.6 Å². The molecule has 0 radical (unpaired) electrons. The summed E-state index contributed by atoms with van der Waals surface area (Å²) in [4.78, 5) is 9.52. The number of hydrogen-bond donors (Lipinski definition) is 0. The van der Waals surface area contributed by atoms with Crippen molar-refractivity contribution in [3.05, 3.63) is 118 Å². The fourth-order valence-corrected chi connectivity index (χ4v) is 3.87. The van der Waals surface area contributed by atoms with Crippen molar-refractivity contribution < 1.29 is 16.5 Å². The van der Waals surface area contributed by atoms with Gasteiger partial charge in [-0.1, -0.05) is 84.9 Å². The van der Waals surface area contributed by atoms with Crippen molar-refractivity contribution in [1.29, 1.82) is 0 Å². The maximum absolute atomic E-state index is 5.15. The van der Waals surface area contributed by atoms with Crippen LogP contribution in [-0.4, -0.2) is 24.5 Å². The zero-order valence-electron chi connectivity index (χ0n) is 21.3. The summed E-state index contributed by atoms with van der Waals surface area (Å²) >= 11 is 0. The summed E-state index contributed by atoms with van der Waals surface area (Å²) in [6.07, 6.45) is 5.03. The van der Waals surface area contributed by atoms with Crippen molar-refractivity contribution in [1.82, 2.24) is 0 Å². The zero-order chi connectivity index (χ0) is 24.6. The number of fused-ring (bicyclic) bond motifs is 1. The zero-order valence-corrected chi connectivity index (χ0v) is 22.3. The molecular weight excluding hydrogens is 487 g/mol. The summed E-state index contributed by atoms with van der Waals surface area (Å²) in [6.45, 7) is 9.76. The van der Waals surface area contributed by atoms with Gasteiger partial charge in [-0.15, -0.1) is 11.4 Å². The maximum Gasteiger partial charge on any atom is 2.00 e. The summed E-state index contributed by atoms with van der Waals surface area (Å²) in [7, 11) is 0. The molecule has 0 aromatic heterocycles. The van der Waals surface area contributed by atoms with E-state index in [-0.39, 0.29) is 16.5 Å². The second-order valence-corrected chi connectivity index (χ2v) is 8.84. The standard InChI is InChI=1S/C31H32N4.Ni/c1-22-18-30-31(19-23(22)2)35-29(27-14-9-6-10-15-27)21-25(4)33-17-11-16-32-24(3)20-28(34-30)26-12-7-5-8-13-26;/h5-10,12-15,18-21H,11,16-17H2,1-4H3;/q-2;+2/b28-20-,29-21-,32-24?,33-25?;. The number of aryl methyl sites for hydroxylation is 2. The molecule has 0 atom stereocenters. The summed E-state index contributed by atoms with van der Waals surface area (Å²) < 4.78 is 0. The van der Waals surface area contributed by atoms with Crippen LogP contribution in [0.15, 0.2) is 94.9 Å². The van der Waals surface area contributed by atoms with Gasteiger partial charge in [-0.2, -0.15) is 11.4 Å². The summed E-state index contributed by atoms with van der Waals surface area (Å²) in [5.41, 5.74) is 9.79. The first-order valence-corrected chi connectivity index (χ1v) is 12.1. The smallest absolute Gasteiger partial charge is 0.658 e. The molecule has 0 bridgehead atoms. The molecule has 0 aliphatic carbocycles. The normalized spacial score (nSPS) is 17.6. The number of hydrogen-bond acceptors (Lipinski definition) is 2. The number of nitrogens with zero attached hydrogens (tertiary/aromatic N) is 4. The van der Waals surface area contributed by atoms with Crippen LogP contribution < -0.4 is 0 Å². The minimum atomic E-state index is 0. The van der Waals surface area contributed by atoms with Gasteiger partial charge in [0, 0.05) is 24.5 Å². The Balaban J connectivity index is 0.00000361. The van der Waals surface area contributed by atoms with Gasteiger partial charge < -0.3 is 10.6 Å². The molecule has 0 spiro atoms. The van der Waals surface area contributed by atoms with Crippen molar-refractivity contribution in [3.63, 3.8) is 0 Å². The van der Waals surface area contributed by atoms with Gasteiger partial charge in [0.1, 0.15) is 0 Å². The molecule has 1 heterocycles. The molecule has 0 saturated heterocycles. The molecular formula is C31H32N4Ni. The largest absolute Gasteiger partial charge is 2.00 e. The van der Waals surface area contributed by atoms with Crippen LogP contribution >= 0.6 is 0 Å². The van der Waals surface area contributed by atoms with Gasteiger partial charge in [-0.05, 0) is 56.4 Å². The molecule has 3 aromatic carbocycles. The number of aliphatic imine (C=N–C) groups is 2. The Bertz CT molecular complexity index is 1190. The molecule has 0 amide bonds. The third-order valence-electron chi connectivity index (χ3n) is 5.94. The summed E-state index contributed by atoms with van der Waals surface area (Å²) in [6, 6.07) is 24.8. The quantitative estimate of drug-likeness (QED) is 0.304. The van der Waals surface area contributed by atoms with Crippen LogP contribution in [0.5, 0.6) is 0 Å². The van der Waals surface area contributed by atoms with Crippen LogP contribution in [-0.2, 0) is 16.5 Å². The summed E-state index contributed by atoms with van der Waals surface area (Å²) in [5, 5.41) is 10.3. The average molecular weight is 519 g/mol. The van der Waals surface area contributed by atoms with Crippen LogP contribution in [0.2, 0.25) is 0 Å². The Kier molecular flexibility index (Phi) is 9.84. The van der Waals surface area contributed by atoms with E-state index in [9.17, 15) is 0 Å². The molecule has 0 fully saturated rings. The van der Waals surface area contributed by atoms with Crippen LogP contribution in [0.3, 0.4) is 0 Å². The summed E-state index contributed by atoms with van der Waals surface area (Å²) in [5.74, 6) is 0. The molecule has 4 rings (SSSR count). The minimum absolute atomic E-state index is 0. The number of allylic oxidation sites excluding steroid dienone is 2. The van der Waals surface area contributed by atoms with Gasteiger partial charge in [-0.25, -0.2) is 0 Å². The van der Waals surface area contributed by atoms with E-state index in [0.717, 1.165) is 64.8 Å². The first-order valence-electron chi connectivity index (χ1n) is 12.1. The van der Waals surface area contributed by atoms with Crippen molar-refractivity contribution in [3.8, 4) is 0 Å². The van der Waals surface area contributed by atoms with Crippen LogP contribution in [0.25, 0.3) is 22.0 Å². The molecule has 36 heavy (non-hydrogen) atoms. The van der Waals surface area contributed by atoms with Crippen LogP contribution in [0.1, 0.15) is 42.5 Å². The predicted molar refractivity (Wildman–Crippen MR) is 151 cm³/mol. The molecule has 5 heteroatoms. The first-order chi connectivity index (χ1) is 17.0. The molecule has 0 unspecified atom stereocenters. The molecule has 3 aromatic rings. The number of benzene rings is 3. The average Bonchev–Trinajstić information content (AvgIpc) is 2.87. The monoisotopic (exact) mass is 518 g/mol. The van der Waals surface area contributed by atoms with Crippen LogP contribution in [0.4, 0.5) is 11.4 Å². The van der Waals surface area contributed by atoms with Gasteiger partial charge in [-0.3, -0.25) is 9.98 Å². The van der Waals surface area contributed by atoms with Crippen molar-refractivity contribution >= 4 is 34.2 Å². The van der Waals surface area contributed by atoms with Gasteiger partial charge in [0.05, 0.1) is 0 Å². The second-order valence-electron chi connectivity index (χ2n) is 8.84. The molecule has 0 N–H and O–H groups in total. The molecule has 0 saturated carbocycles. The van der Waals surface area contributed by atoms with E-state index in [1.165, 1.54) is 11.1 Å². The molecule has 4 nitrogen and oxygen atoms in total. The molecule has 1 aliphatic heterocycles. The topological polar surface area (TPSA) is 52.9 Å². The SMILES string of the molecule is CC1=NCCCN=C(C)/C=C(/c2ccccc2)[N-]c2cc(C)c(C)cc2[N-]/C(c2ccccc2)=C\1.[Ni+2]. The van der Waals surface area contributed by atoms with Gasteiger partial charge in [0.2, 0.25) is 0 Å². The van der Waals surface area contributed by atoms with E-state index < -0.39 is 0 Å². The van der Waals surface area contributed by atoms with E-state index in [2.05, 4.69) is 62.4 Å². The van der Waals surface area contributed by atoms with E-state index in [1.807, 2.05) is 50.2 Å². The van der Waals surface area contributed by atoms with Gasteiger partial charge >= 0.3 is 16.5 Å². The fraction of sp³-hybridized carbons (Fsp3) is 0.226. The predicted octanol–water partition coefficient (Wildman–Crippen LogP) is 8.72. The maximum atomic E-state index is 5.15. The van der Waals surface area contributed by atoms with Crippen LogP contribution in [0, 0.1) is 13.8 Å². The Morgan fingerprint density at radius 1 is 0.583 bits per heavy atom. The molecule has 186 valence electrons. The fourth-order valence-electron chi connectivity index (χ4n) is 3.87. The first kappa shape index (κ1) is 27.2. The molecule has 1 aliphatic rings. The van der Waals surface area contributed by atoms with E-state index in [0.29, 0.717) is 0 Å². The van der Waals surface area contributed by atoms with Crippen molar-refractivity contribution in [2.24, 2.45) is 9.98 Å². The Labute approximate surface area is 225 Å². The van der Waals surface area contributed by atoms with Gasteiger partial charge in [0.15, 0.2) is 0 Å². The third-order valence-corrected chi connectivity index (χ3v) is 5.94. The minimum Gasteiger partial charge on any atom is -0.658 e.